The van der Waals surface area contributed by atoms with Crippen LogP contribution in [-0.4, -0.2) is 10.1 Å². The van der Waals surface area contributed by atoms with E-state index < -0.39 is 0 Å². The van der Waals surface area contributed by atoms with E-state index in [2.05, 4.69) is 32.7 Å². The number of ether oxygens (including phenoxy) is 1. The molecule has 112 valence electrons. The first-order valence-corrected chi connectivity index (χ1v) is 7.68. The molecular weight excluding hydrogens is 398 g/mol. The van der Waals surface area contributed by atoms with E-state index in [1.165, 1.54) is 6.07 Å². The maximum Gasteiger partial charge on any atom is 0.264 e. The molecular formula is C16H12FIN2O2. The van der Waals surface area contributed by atoms with Crippen LogP contribution in [0.25, 0.3) is 11.4 Å². The van der Waals surface area contributed by atoms with Crippen molar-refractivity contribution in [3.63, 3.8) is 0 Å². The third-order valence-electron chi connectivity index (χ3n) is 3.09. The number of halogens is 2. The van der Waals surface area contributed by atoms with Gasteiger partial charge in [-0.2, -0.15) is 4.98 Å². The fourth-order valence-corrected chi connectivity index (χ4v) is 2.41. The molecule has 2 aromatic carbocycles. The summed E-state index contributed by atoms with van der Waals surface area (Å²) in [4.78, 5) is 4.22. The lowest BCUT2D eigenvalue weighted by Gasteiger charge is -2.04. The quantitative estimate of drug-likeness (QED) is 0.600. The van der Waals surface area contributed by atoms with Gasteiger partial charge in [0, 0.05) is 5.56 Å². The van der Waals surface area contributed by atoms with Crippen LogP contribution >= 0.6 is 22.6 Å². The summed E-state index contributed by atoms with van der Waals surface area (Å²) in [7, 11) is 0. The van der Waals surface area contributed by atoms with Crippen molar-refractivity contribution in [2.75, 3.05) is 0 Å². The molecule has 0 fully saturated rings. The van der Waals surface area contributed by atoms with Gasteiger partial charge in [0.2, 0.25) is 5.82 Å². The normalized spacial score (nSPS) is 10.7. The highest BCUT2D eigenvalue weighted by molar-refractivity contribution is 14.1. The molecule has 3 aromatic rings. The average molecular weight is 410 g/mol. The van der Waals surface area contributed by atoms with E-state index in [1.807, 2.05) is 24.3 Å². The molecule has 0 aliphatic carbocycles. The first-order chi connectivity index (χ1) is 10.6. The molecule has 3 rings (SSSR count). The summed E-state index contributed by atoms with van der Waals surface area (Å²) in [5.74, 6) is 1.15. The van der Waals surface area contributed by atoms with Crippen molar-refractivity contribution in [1.82, 2.24) is 10.1 Å². The van der Waals surface area contributed by atoms with Crippen molar-refractivity contribution in [2.45, 2.75) is 13.5 Å². The Morgan fingerprint density at radius 3 is 2.82 bits per heavy atom. The zero-order chi connectivity index (χ0) is 15.5. The van der Waals surface area contributed by atoms with E-state index in [4.69, 9.17) is 9.26 Å². The van der Waals surface area contributed by atoms with Gasteiger partial charge in [-0.15, -0.1) is 0 Å². The van der Waals surface area contributed by atoms with E-state index in [9.17, 15) is 4.39 Å². The summed E-state index contributed by atoms with van der Waals surface area (Å²) in [6.45, 7) is 1.87. The minimum Gasteiger partial charge on any atom is -0.483 e. The van der Waals surface area contributed by atoms with Gasteiger partial charge >= 0.3 is 0 Å². The fraction of sp³-hybridized carbons (Fsp3) is 0.125. The number of rotatable bonds is 4. The number of nitrogens with zero attached hydrogens (tertiary/aromatic N) is 2. The maximum absolute atomic E-state index is 13.6. The Morgan fingerprint density at radius 2 is 2.05 bits per heavy atom. The van der Waals surface area contributed by atoms with Gasteiger partial charge in [-0.25, -0.2) is 4.39 Å². The molecule has 4 nitrogen and oxygen atoms in total. The molecule has 0 bridgehead atoms. The van der Waals surface area contributed by atoms with Crippen LogP contribution in [0.1, 0.15) is 11.5 Å². The van der Waals surface area contributed by atoms with E-state index in [0.717, 1.165) is 9.32 Å². The lowest BCUT2D eigenvalue weighted by Crippen LogP contribution is -1.97. The molecule has 0 amide bonds. The van der Waals surface area contributed by atoms with Gasteiger partial charge in [0.05, 0.1) is 3.57 Å². The van der Waals surface area contributed by atoms with Gasteiger partial charge in [0.25, 0.3) is 5.89 Å². The lowest BCUT2D eigenvalue weighted by atomic mass is 10.1. The van der Waals surface area contributed by atoms with Crippen LogP contribution in [0.15, 0.2) is 47.0 Å². The number of hydrogen-bond donors (Lipinski definition) is 0. The predicted molar refractivity (Wildman–Crippen MR) is 87.9 cm³/mol. The lowest BCUT2D eigenvalue weighted by molar-refractivity contribution is 0.241. The molecule has 22 heavy (non-hydrogen) atoms. The smallest absolute Gasteiger partial charge is 0.264 e. The zero-order valence-electron chi connectivity index (χ0n) is 11.7. The number of hydrogen-bond acceptors (Lipinski definition) is 4. The van der Waals surface area contributed by atoms with E-state index in [0.29, 0.717) is 22.8 Å². The molecule has 0 aliphatic rings. The molecule has 0 N–H and O–H groups in total. The molecule has 0 atom stereocenters. The standard InChI is InChI=1S/C16H12FIN2O2/c1-10-6-7-11(8-12(10)17)16-19-15(22-20-16)9-21-14-5-3-2-4-13(14)18/h2-8H,9H2,1H3. The summed E-state index contributed by atoms with van der Waals surface area (Å²) in [6.07, 6.45) is 0. The van der Waals surface area contributed by atoms with Crippen LogP contribution in [0, 0.1) is 16.3 Å². The topological polar surface area (TPSA) is 48.2 Å². The van der Waals surface area contributed by atoms with Crippen LogP contribution in [0.4, 0.5) is 4.39 Å². The number of aromatic nitrogens is 2. The van der Waals surface area contributed by atoms with Crippen molar-refractivity contribution in [3.8, 4) is 17.1 Å². The first kappa shape index (κ1) is 15.0. The summed E-state index contributed by atoms with van der Waals surface area (Å²) in [5, 5.41) is 3.86. The predicted octanol–water partition coefficient (Wildman–Crippen LogP) is 4.37. The highest BCUT2D eigenvalue weighted by atomic mass is 127. The zero-order valence-corrected chi connectivity index (χ0v) is 13.9. The molecule has 1 heterocycles. The fourth-order valence-electron chi connectivity index (χ4n) is 1.86. The molecule has 1 aromatic heterocycles. The van der Waals surface area contributed by atoms with E-state index in [1.54, 1.807) is 19.1 Å². The summed E-state index contributed by atoms with van der Waals surface area (Å²) < 4.78 is 25.4. The van der Waals surface area contributed by atoms with Gasteiger partial charge in [0.15, 0.2) is 6.61 Å². The second kappa shape index (κ2) is 6.43. The Labute approximate surface area is 140 Å². The van der Waals surface area contributed by atoms with Crippen LogP contribution < -0.4 is 4.74 Å². The van der Waals surface area contributed by atoms with Gasteiger partial charge in [0.1, 0.15) is 11.6 Å². The monoisotopic (exact) mass is 410 g/mol. The minimum absolute atomic E-state index is 0.168. The molecule has 6 heteroatoms. The van der Waals surface area contributed by atoms with Crippen molar-refractivity contribution in [2.24, 2.45) is 0 Å². The highest BCUT2D eigenvalue weighted by Crippen LogP contribution is 2.22. The van der Waals surface area contributed by atoms with Crippen molar-refractivity contribution >= 4 is 22.6 Å². The van der Waals surface area contributed by atoms with Gasteiger partial charge in [-0.3, -0.25) is 0 Å². The molecule has 0 aliphatic heterocycles. The van der Waals surface area contributed by atoms with Crippen LogP contribution in [0.3, 0.4) is 0 Å². The number of aryl methyl sites for hydroxylation is 1. The largest absolute Gasteiger partial charge is 0.483 e. The Balaban J connectivity index is 1.74. The van der Waals surface area contributed by atoms with Crippen LogP contribution in [-0.2, 0) is 6.61 Å². The van der Waals surface area contributed by atoms with Crippen molar-refractivity contribution < 1.29 is 13.7 Å². The molecule has 0 saturated heterocycles. The summed E-state index contributed by atoms with van der Waals surface area (Å²) >= 11 is 2.19. The average Bonchev–Trinajstić information content (AvgIpc) is 2.98. The first-order valence-electron chi connectivity index (χ1n) is 6.60. The van der Waals surface area contributed by atoms with Crippen molar-refractivity contribution in [1.29, 1.82) is 0 Å². The minimum atomic E-state index is -0.293. The molecule has 0 radical (unpaired) electrons. The number of benzene rings is 2. The highest BCUT2D eigenvalue weighted by Gasteiger charge is 2.11. The maximum atomic E-state index is 13.6. The third-order valence-corrected chi connectivity index (χ3v) is 3.98. The number of para-hydroxylation sites is 1. The van der Waals surface area contributed by atoms with Crippen LogP contribution in [0.5, 0.6) is 5.75 Å². The Kier molecular flexibility index (Phi) is 4.37. The van der Waals surface area contributed by atoms with Gasteiger partial charge in [-0.05, 0) is 53.3 Å². The van der Waals surface area contributed by atoms with E-state index in [-0.39, 0.29) is 12.4 Å². The van der Waals surface area contributed by atoms with Crippen molar-refractivity contribution in [3.05, 3.63) is 63.3 Å². The van der Waals surface area contributed by atoms with Gasteiger partial charge in [-0.1, -0.05) is 29.4 Å². The summed E-state index contributed by atoms with van der Waals surface area (Å²) in [5.41, 5.74) is 1.15. The molecule has 0 spiro atoms. The SMILES string of the molecule is Cc1ccc(-c2noc(COc3ccccc3I)n2)cc1F. The second-order valence-corrected chi connectivity index (χ2v) is 5.86. The molecule has 0 unspecified atom stereocenters. The Bertz CT molecular complexity index is 804. The second-order valence-electron chi connectivity index (χ2n) is 4.69. The summed E-state index contributed by atoms with van der Waals surface area (Å²) in [6, 6.07) is 12.5. The Hall–Kier alpha value is -1.96. The van der Waals surface area contributed by atoms with Crippen LogP contribution in [0.2, 0.25) is 0 Å². The Morgan fingerprint density at radius 1 is 1.23 bits per heavy atom. The molecule has 0 saturated carbocycles. The third kappa shape index (κ3) is 3.27. The van der Waals surface area contributed by atoms with Gasteiger partial charge < -0.3 is 9.26 Å². The van der Waals surface area contributed by atoms with E-state index >= 15 is 0 Å².